The molecule has 2 aromatic rings. The number of halogens is 3. The van der Waals surface area contributed by atoms with E-state index in [-0.39, 0.29) is 18.6 Å². The Hall–Kier alpha value is -3.66. The van der Waals surface area contributed by atoms with Gasteiger partial charge in [-0.3, -0.25) is 9.52 Å². The number of carboxylic acid groups (broad SMARTS) is 1. The lowest BCUT2D eigenvalue weighted by molar-refractivity contribution is -0.141. The second-order valence-electron chi connectivity index (χ2n) is 7.76. The summed E-state index contributed by atoms with van der Waals surface area (Å²) in [4.78, 5) is 27.0. The maximum absolute atomic E-state index is 13.3. The molecule has 1 fully saturated rings. The number of anilines is 1. The minimum atomic E-state index is -5.07. The van der Waals surface area contributed by atoms with Gasteiger partial charge in [-0.1, -0.05) is 30.3 Å². The number of alkyl halides is 3. The third-order valence-electron chi connectivity index (χ3n) is 5.24. The van der Waals surface area contributed by atoms with Gasteiger partial charge in [-0.2, -0.15) is 18.4 Å². The van der Waals surface area contributed by atoms with Gasteiger partial charge in [-0.15, -0.1) is 0 Å². The molecule has 0 aliphatic heterocycles. The van der Waals surface area contributed by atoms with Gasteiger partial charge in [0.15, 0.2) is 5.69 Å². The number of carbonyl (C=O) groups excluding carboxylic acids is 1. The molecule has 0 spiro atoms. The Morgan fingerprint density at radius 3 is 2.47 bits per heavy atom. The van der Waals surface area contributed by atoms with Crippen LogP contribution in [-0.4, -0.2) is 36.4 Å². The van der Waals surface area contributed by atoms with Crippen molar-refractivity contribution in [3.63, 3.8) is 0 Å². The predicted octanol–water partition coefficient (Wildman–Crippen LogP) is 2.90. The zero-order valence-electron chi connectivity index (χ0n) is 17.5. The number of carboxylic acids is 1. The number of aromatic nitrogens is 1. The third-order valence-corrected chi connectivity index (χ3v) is 6.47. The summed E-state index contributed by atoms with van der Waals surface area (Å²) < 4.78 is 66.4. The first-order chi connectivity index (χ1) is 15.9. The van der Waals surface area contributed by atoms with Crippen molar-refractivity contribution >= 4 is 27.7 Å². The Bertz CT molecular complexity index is 1240. The van der Waals surface area contributed by atoms with Gasteiger partial charge in [0.25, 0.3) is 0 Å². The molecule has 1 aromatic heterocycles. The first kappa shape index (κ1) is 25.0. The fourth-order valence-corrected chi connectivity index (χ4v) is 4.87. The Balaban J connectivity index is 1.71. The van der Waals surface area contributed by atoms with Crippen LogP contribution in [0.3, 0.4) is 0 Å². The van der Waals surface area contributed by atoms with E-state index in [0.29, 0.717) is 18.1 Å². The number of rotatable bonds is 7. The molecule has 0 saturated heterocycles. The van der Waals surface area contributed by atoms with E-state index in [4.69, 9.17) is 5.11 Å². The minimum Gasteiger partial charge on any atom is -0.478 e. The molecule has 180 valence electrons. The van der Waals surface area contributed by atoms with Crippen LogP contribution in [-0.2, 0) is 26.7 Å². The van der Waals surface area contributed by atoms with Crippen molar-refractivity contribution in [3.8, 4) is 6.07 Å². The highest BCUT2D eigenvalue weighted by molar-refractivity contribution is 7.89. The van der Waals surface area contributed by atoms with Crippen molar-refractivity contribution in [1.29, 1.82) is 5.26 Å². The SMILES string of the molecule is N#Cc1cc(C(=O)O)c(C(F)(F)F)nc1NC1CCC(C(=O)NS(=O)(=O)Cc2ccccc2)C1. The molecule has 13 heteroatoms. The first-order valence-electron chi connectivity index (χ1n) is 10.00. The predicted molar refractivity (Wildman–Crippen MR) is 113 cm³/mol. The van der Waals surface area contributed by atoms with Crippen LogP contribution >= 0.6 is 0 Å². The topological polar surface area (TPSA) is 149 Å². The number of sulfonamides is 1. The molecule has 1 aliphatic carbocycles. The summed E-state index contributed by atoms with van der Waals surface area (Å²) in [7, 11) is -3.95. The summed E-state index contributed by atoms with van der Waals surface area (Å²) >= 11 is 0. The monoisotopic (exact) mass is 496 g/mol. The fraction of sp³-hybridized carbons (Fsp3) is 0.333. The summed E-state index contributed by atoms with van der Waals surface area (Å²) in [5.41, 5.74) is -2.71. The molecular formula is C21H19F3N4O5S. The highest BCUT2D eigenvalue weighted by Crippen LogP contribution is 2.34. The Labute approximate surface area is 192 Å². The quantitative estimate of drug-likeness (QED) is 0.530. The van der Waals surface area contributed by atoms with E-state index in [1.54, 1.807) is 36.4 Å². The van der Waals surface area contributed by atoms with Crippen LogP contribution in [0.2, 0.25) is 0 Å². The number of benzene rings is 1. The smallest absolute Gasteiger partial charge is 0.434 e. The summed E-state index contributed by atoms with van der Waals surface area (Å²) in [5, 5.41) is 21.0. The maximum Gasteiger partial charge on any atom is 0.434 e. The van der Waals surface area contributed by atoms with Gasteiger partial charge in [-0.25, -0.2) is 18.2 Å². The Morgan fingerprint density at radius 2 is 1.88 bits per heavy atom. The van der Waals surface area contributed by atoms with Gasteiger partial charge in [0.05, 0.1) is 16.9 Å². The summed E-state index contributed by atoms with van der Waals surface area (Å²) in [6, 6.07) is 9.88. The first-order valence-corrected chi connectivity index (χ1v) is 11.6. The van der Waals surface area contributed by atoms with Gasteiger partial charge in [0, 0.05) is 12.0 Å². The van der Waals surface area contributed by atoms with E-state index in [2.05, 4.69) is 10.3 Å². The number of pyridine rings is 1. The highest BCUT2D eigenvalue weighted by atomic mass is 32.2. The van der Waals surface area contributed by atoms with Crippen LogP contribution in [0.5, 0.6) is 0 Å². The van der Waals surface area contributed by atoms with Crippen LogP contribution < -0.4 is 10.0 Å². The van der Waals surface area contributed by atoms with E-state index in [1.807, 2.05) is 4.72 Å². The molecule has 0 radical (unpaired) electrons. The van der Waals surface area contributed by atoms with Crippen molar-refractivity contribution < 1.29 is 36.3 Å². The molecule has 3 N–H and O–H groups in total. The average molecular weight is 496 g/mol. The molecule has 1 aliphatic rings. The van der Waals surface area contributed by atoms with Gasteiger partial charge >= 0.3 is 12.1 Å². The lowest BCUT2D eigenvalue weighted by Crippen LogP contribution is -2.36. The van der Waals surface area contributed by atoms with Crippen LogP contribution in [0.4, 0.5) is 19.0 Å². The maximum atomic E-state index is 13.3. The third kappa shape index (κ3) is 6.02. The molecule has 2 unspecified atom stereocenters. The molecule has 3 rings (SSSR count). The number of aromatic carboxylic acids is 1. The average Bonchev–Trinajstić information content (AvgIpc) is 3.21. The van der Waals surface area contributed by atoms with Crippen LogP contribution in [0.15, 0.2) is 36.4 Å². The molecule has 34 heavy (non-hydrogen) atoms. The van der Waals surface area contributed by atoms with Crippen LogP contribution in [0.25, 0.3) is 0 Å². The van der Waals surface area contributed by atoms with Gasteiger partial charge in [0.1, 0.15) is 11.9 Å². The van der Waals surface area contributed by atoms with E-state index in [0.717, 1.165) is 0 Å². The number of nitrogens with zero attached hydrogens (tertiary/aromatic N) is 2. The molecule has 9 nitrogen and oxygen atoms in total. The molecule has 1 heterocycles. The number of carbonyl (C=O) groups is 2. The molecule has 1 amide bonds. The zero-order valence-corrected chi connectivity index (χ0v) is 18.3. The van der Waals surface area contributed by atoms with E-state index in [1.165, 1.54) is 0 Å². The van der Waals surface area contributed by atoms with E-state index in [9.17, 15) is 36.4 Å². The lowest BCUT2D eigenvalue weighted by atomic mass is 10.1. The van der Waals surface area contributed by atoms with Crippen molar-refractivity contribution in [2.45, 2.75) is 37.2 Å². The Morgan fingerprint density at radius 1 is 1.21 bits per heavy atom. The van der Waals surface area contributed by atoms with Crippen LogP contribution in [0.1, 0.15) is 46.4 Å². The zero-order chi connectivity index (χ0) is 25.1. The molecular weight excluding hydrogens is 477 g/mol. The molecule has 1 aromatic carbocycles. The standard InChI is InChI=1S/C21H19F3N4O5S/c22-21(23,24)17-16(20(30)31)9-14(10-25)18(27-17)26-15-7-6-13(8-15)19(29)28-34(32,33)11-12-4-2-1-3-5-12/h1-5,9,13,15H,6-8,11H2,(H,26,27)(H,28,29)(H,30,31). The van der Waals surface area contributed by atoms with E-state index >= 15 is 0 Å². The van der Waals surface area contributed by atoms with Crippen LogP contribution in [0, 0.1) is 17.2 Å². The van der Waals surface area contributed by atoms with E-state index < -0.39 is 62.7 Å². The second kappa shape index (κ2) is 9.68. The largest absolute Gasteiger partial charge is 0.478 e. The lowest BCUT2D eigenvalue weighted by Gasteiger charge is -2.18. The number of nitrogens with one attached hydrogen (secondary N) is 2. The Kier molecular flexibility index (Phi) is 7.11. The van der Waals surface area contributed by atoms with Crippen molar-refractivity contribution in [2.24, 2.45) is 5.92 Å². The number of hydrogen-bond donors (Lipinski definition) is 3. The summed E-state index contributed by atoms with van der Waals surface area (Å²) in [5.74, 6) is -4.18. The number of amides is 1. The van der Waals surface area contributed by atoms with Gasteiger partial charge in [0.2, 0.25) is 15.9 Å². The fourth-order valence-electron chi connectivity index (χ4n) is 3.70. The summed E-state index contributed by atoms with van der Waals surface area (Å²) in [6.07, 6.45) is -4.43. The van der Waals surface area contributed by atoms with Crippen molar-refractivity contribution in [1.82, 2.24) is 9.71 Å². The molecule has 0 bridgehead atoms. The van der Waals surface area contributed by atoms with Gasteiger partial charge in [-0.05, 0) is 30.9 Å². The highest BCUT2D eigenvalue weighted by Gasteiger charge is 2.39. The minimum absolute atomic E-state index is 0.0846. The van der Waals surface area contributed by atoms with Crippen molar-refractivity contribution in [3.05, 3.63) is 58.8 Å². The van der Waals surface area contributed by atoms with Crippen molar-refractivity contribution in [2.75, 3.05) is 5.32 Å². The van der Waals surface area contributed by atoms with Gasteiger partial charge < -0.3 is 10.4 Å². The normalized spacial score (nSPS) is 18.2. The molecule has 1 saturated carbocycles. The second-order valence-corrected chi connectivity index (χ2v) is 9.48. The number of hydrogen-bond acceptors (Lipinski definition) is 7. The molecule has 2 atom stereocenters. The summed E-state index contributed by atoms with van der Waals surface area (Å²) in [6.45, 7) is 0. The number of nitriles is 1.